The van der Waals surface area contributed by atoms with E-state index in [2.05, 4.69) is 4.98 Å². The number of rotatable bonds is 3. The Morgan fingerprint density at radius 2 is 2.19 bits per heavy atom. The van der Waals surface area contributed by atoms with Crippen molar-refractivity contribution in [1.29, 1.82) is 0 Å². The maximum atomic E-state index is 12.9. The van der Waals surface area contributed by atoms with E-state index in [9.17, 15) is 9.18 Å². The van der Waals surface area contributed by atoms with Crippen LogP contribution in [0.25, 0.3) is 10.6 Å². The zero-order valence-corrected chi connectivity index (χ0v) is 12.3. The van der Waals surface area contributed by atoms with Crippen molar-refractivity contribution in [3.05, 3.63) is 41.2 Å². The molecule has 2 heterocycles. The predicted molar refractivity (Wildman–Crippen MR) is 80.6 cm³/mol. The normalized spacial score (nSPS) is 18.2. The summed E-state index contributed by atoms with van der Waals surface area (Å²) in [5, 5.41) is 2.48. The Morgan fingerprint density at radius 3 is 2.90 bits per heavy atom. The monoisotopic (exact) mass is 305 g/mol. The number of likely N-dealkylation sites (tertiary alicyclic amines) is 1. The van der Waals surface area contributed by atoms with Gasteiger partial charge in [-0.05, 0) is 37.1 Å². The summed E-state index contributed by atoms with van der Waals surface area (Å²) in [7, 11) is 0. The Morgan fingerprint density at radius 1 is 1.43 bits per heavy atom. The number of carbonyl (C=O) groups is 1. The largest absolute Gasteiger partial charge is 0.333 e. The van der Waals surface area contributed by atoms with Crippen LogP contribution in [0.5, 0.6) is 0 Å². The van der Waals surface area contributed by atoms with Crippen LogP contribution in [0.3, 0.4) is 0 Å². The molecule has 0 aliphatic carbocycles. The van der Waals surface area contributed by atoms with E-state index >= 15 is 0 Å². The van der Waals surface area contributed by atoms with Crippen LogP contribution in [-0.2, 0) is 0 Å². The first-order chi connectivity index (χ1) is 10.2. The summed E-state index contributed by atoms with van der Waals surface area (Å²) in [6.07, 6.45) is 1.94. The lowest BCUT2D eigenvalue weighted by Crippen LogP contribution is -2.40. The van der Waals surface area contributed by atoms with Gasteiger partial charge >= 0.3 is 0 Å². The Labute approximate surface area is 126 Å². The van der Waals surface area contributed by atoms with Crippen molar-refractivity contribution in [3.63, 3.8) is 0 Å². The van der Waals surface area contributed by atoms with Gasteiger partial charge < -0.3 is 10.6 Å². The van der Waals surface area contributed by atoms with Crippen molar-refractivity contribution in [2.45, 2.75) is 18.9 Å². The summed E-state index contributed by atoms with van der Waals surface area (Å²) >= 11 is 1.39. The quantitative estimate of drug-likeness (QED) is 0.948. The lowest BCUT2D eigenvalue weighted by Gasteiger charge is -2.22. The number of thiazole rings is 1. The van der Waals surface area contributed by atoms with Crippen LogP contribution in [0.1, 0.15) is 23.3 Å². The molecule has 0 spiro atoms. The molecule has 1 aliphatic heterocycles. The van der Waals surface area contributed by atoms with Crippen LogP contribution in [-0.4, -0.2) is 34.9 Å². The van der Waals surface area contributed by atoms with Crippen LogP contribution in [0.4, 0.5) is 4.39 Å². The number of halogens is 1. The van der Waals surface area contributed by atoms with Crippen LogP contribution in [0.2, 0.25) is 0 Å². The number of hydrogen-bond acceptors (Lipinski definition) is 4. The third-order valence-electron chi connectivity index (χ3n) is 3.72. The molecule has 0 radical (unpaired) electrons. The summed E-state index contributed by atoms with van der Waals surface area (Å²) in [6.45, 7) is 1.23. The molecule has 1 amide bonds. The summed E-state index contributed by atoms with van der Waals surface area (Å²) in [5.41, 5.74) is 6.96. The van der Waals surface area contributed by atoms with Gasteiger partial charge in [-0.25, -0.2) is 9.37 Å². The molecule has 110 valence electrons. The van der Waals surface area contributed by atoms with Gasteiger partial charge in [-0.2, -0.15) is 0 Å². The summed E-state index contributed by atoms with van der Waals surface area (Å²) < 4.78 is 12.9. The first kappa shape index (κ1) is 14.2. The smallest absolute Gasteiger partial charge is 0.273 e. The van der Waals surface area contributed by atoms with E-state index in [-0.39, 0.29) is 17.8 Å². The second-order valence-electron chi connectivity index (χ2n) is 5.08. The molecule has 1 saturated heterocycles. The van der Waals surface area contributed by atoms with Gasteiger partial charge in [0.25, 0.3) is 5.91 Å². The molecule has 3 rings (SSSR count). The van der Waals surface area contributed by atoms with Gasteiger partial charge in [0.1, 0.15) is 16.5 Å². The average Bonchev–Trinajstić information content (AvgIpc) is 3.16. The second-order valence-corrected chi connectivity index (χ2v) is 5.93. The Bertz CT molecular complexity index is 641. The third-order valence-corrected chi connectivity index (χ3v) is 4.62. The number of hydrogen-bond donors (Lipinski definition) is 1. The van der Waals surface area contributed by atoms with E-state index in [1.165, 1.54) is 23.5 Å². The molecule has 4 nitrogen and oxygen atoms in total. The fourth-order valence-electron chi connectivity index (χ4n) is 2.59. The van der Waals surface area contributed by atoms with E-state index in [4.69, 9.17) is 5.73 Å². The Kier molecular flexibility index (Phi) is 3.98. The van der Waals surface area contributed by atoms with E-state index in [1.807, 2.05) is 4.90 Å². The van der Waals surface area contributed by atoms with Gasteiger partial charge in [0.2, 0.25) is 0 Å². The molecule has 1 aliphatic rings. The fourth-order valence-corrected chi connectivity index (χ4v) is 3.39. The molecule has 1 fully saturated rings. The summed E-state index contributed by atoms with van der Waals surface area (Å²) in [4.78, 5) is 18.7. The van der Waals surface area contributed by atoms with Gasteiger partial charge in [-0.15, -0.1) is 11.3 Å². The topological polar surface area (TPSA) is 59.2 Å². The molecule has 1 atom stereocenters. The van der Waals surface area contributed by atoms with Crippen molar-refractivity contribution < 1.29 is 9.18 Å². The van der Waals surface area contributed by atoms with Crippen molar-refractivity contribution in [1.82, 2.24) is 9.88 Å². The highest BCUT2D eigenvalue weighted by Crippen LogP contribution is 2.26. The highest BCUT2D eigenvalue weighted by molar-refractivity contribution is 7.13. The molecule has 2 aromatic rings. The molecule has 0 bridgehead atoms. The maximum absolute atomic E-state index is 12.9. The molecule has 21 heavy (non-hydrogen) atoms. The lowest BCUT2D eigenvalue weighted by molar-refractivity contribution is 0.0736. The predicted octanol–water partition coefficient (Wildman–Crippen LogP) is 2.51. The Balaban J connectivity index is 1.81. The third kappa shape index (κ3) is 2.82. The van der Waals surface area contributed by atoms with E-state index in [1.54, 1.807) is 17.5 Å². The molecule has 1 aromatic heterocycles. The van der Waals surface area contributed by atoms with Gasteiger partial charge in [0.05, 0.1) is 0 Å². The Hall–Kier alpha value is -1.79. The molecular weight excluding hydrogens is 289 g/mol. The van der Waals surface area contributed by atoms with Crippen LogP contribution >= 0.6 is 11.3 Å². The van der Waals surface area contributed by atoms with E-state index < -0.39 is 0 Å². The molecule has 2 N–H and O–H groups in total. The SMILES string of the molecule is NCC1CCCN1C(=O)c1csc(-c2ccc(F)cc2)n1. The fraction of sp³-hybridized carbons (Fsp3) is 0.333. The molecule has 0 saturated carbocycles. The van der Waals surface area contributed by atoms with Crippen molar-refractivity contribution in [2.75, 3.05) is 13.1 Å². The highest BCUT2D eigenvalue weighted by Gasteiger charge is 2.29. The second kappa shape index (κ2) is 5.91. The average molecular weight is 305 g/mol. The van der Waals surface area contributed by atoms with Gasteiger partial charge in [0.15, 0.2) is 0 Å². The van der Waals surface area contributed by atoms with Crippen LogP contribution < -0.4 is 5.73 Å². The highest BCUT2D eigenvalue weighted by atomic mass is 32.1. The first-order valence-electron chi connectivity index (χ1n) is 6.91. The zero-order chi connectivity index (χ0) is 14.8. The molecule has 1 aromatic carbocycles. The van der Waals surface area contributed by atoms with E-state index in [0.29, 0.717) is 12.2 Å². The number of nitrogens with two attached hydrogens (primary N) is 1. The van der Waals surface area contributed by atoms with Crippen molar-refractivity contribution in [2.24, 2.45) is 5.73 Å². The number of carbonyl (C=O) groups excluding carboxylic acids is 1. The standard InChI is InChI=1S/C15H16FN3OS/c16-11-5-3-10(4-6-11)14-18-13(9-21-14)15(20)19-7-1-2-12(19)8-17/h3-6,9,12H,1-2,7-8,17H2. The minimum absolute atomic E-state index is 0.0624. The van der Waals surface area contributed by atoms with Gasteiger partial charge in [0, 0.05) is 30.1 Å². The van der Waals surface area contributed by atoms with Gasteiger partial charge in [-0.3, -0.25) is 4.79 Å². The number of nitrogens with zero attached hydrogens (tertiary/aromatic N) is 2. The van der Waals surface area contributed by atoms with E-state index in [0.717, 1.165) is 30.0 Å². The maximum Gasteiger partial charge on any atom is 0.273 e. The van der Waals surface area contributed by atoms with Gasteiger partial charge in [-0.1, -0.05) is 0 Å². The minimum atomic E-state index is -0.283. The molecular formula is C15H16FN3OS. The van der Waals surface area contributed by atoms with Crippen molar-refractivity contribution >= 4 is 17.2 Å². The number of aromatic nitrogens is 1. The number of amides is 1. The number of benzene rings is 1. The molecule has 6 heteroatoms. The summed E-state index contributed by atoms with van der Waals surface area (Å²) in [6, 6.07) is 6.24. The minimum Gasteiger partial charge on any atom is -0.333 e. The van der Waals surface area contributed by atoms with Crippen LogP contribution in [0, 0.1) is 5.82 Å². The van der Waals surface area contributed by atoms with Crippen molar-refractivity contribution in [3.8, 4) is 10.6 Å². The first-order valence-corrected chi connectivity index (χ1v) is 7.79. The lowest BCUT2D eigenvalue weighted by atomic mass is 10.2. The zero-order valence-electron chi connectivity index (χ0n) is 11.5. The molecule has 1 unspecified atom stereocenters. The summed E-state index contributed by atoms with van der Waals surface area (Å²) in [5.74, 6) is -0.345. The van der Waals surface area contributed by atoms with Crippen LogP contribution in [0.15, 0.2) is 29.6 Å².